The highest BCUT2D eigenvalue weighted by atomic mass is 16.5. The number of ether oxygens (including phenoxy) is 5. The second-order valence-corrected chi connectivity index (χ2v) is 10.2. The first-order chi connectivity index (χ1) is 18.8. The number of esters is 2. The number of hydrogen-bond donors (Lipinski definition) is 1. The van der Waals surface area contributed by atoms with Crippen molar-refractivity contribution in [2.45, 2.75) is 96.5 Å². The topological polar surface area (TPSA) is 113 Å². The number of fused-ring (bicyclic) bond motifs is 1. The highest BCUT2D eigenvalue weighted by Crippen LogP contribution is 2.41. The van der Waals surface area contributed by atoms with E-state index >= 15 is 0 Å². The van der Waals surface area contributed by atoms with E-state index in [1.165, 1.54) is 21.3 Å². The van der Waals surface area contributed by atoms with Gasteiger partial charge >= 0.3 is 11.9 Å². The average Bonchev–Trinajstić information content (AvgIpc) is 3.34. The minimum atomic E-state index is -0.677. The maximum absolute atomic E-state index is 13.8. The summed E-state index contributed by atoms with van der Waals surface area (Å²) >= 11 is 0. The number of carbonyl (C=O) groups is 3. The van der Waals surface area contributed by atoms with Gasteiger partial charge in [0.2, 0.25) is 11.7 Å². The molecule has 3 rings (SSSR count). The molecule has 218 valence electrons. The molecule has 39 heavy (non-hydrogen) atoms. The van der Waals surface area contributed by atoms with Gasteiger partial charge in [-0.1, -0.05) is 26.2 Å². The molecule has 1 N–H and O–H groups in total. The summed E-state index contributed by atoms with van der Waals surface area (Å²) < 4.78 is 27.2. The van der Waals surface area contributed by atoms with E-state index in [0.29, 0.717) is 35.7 Å². The summed E-state index contributed by atoms with van der Waals surface area (Å²) in [6, 6.07) is 1.55. The Morgan fingerprint density at radius 2 is 1.67 bits per heavy atom. The van der Waals surface area contributed by atoms with Gasteiger partial charge in [0.25, 0.3) is 0 Å². The van der Waals surface area contributed by atoms with E-state index in [0.717, 1.165) is 32.1 Å². The summed E-state index contributed by atoms with van der Waals surface area (Å²) in [6.07, 6.45) is 5.84. The fraction of sp³-hybridized carbons (Fsp3) is 0.690. The van der Waals surface area contributed by atoms with Crippen molar-refractivity contribution in [3.8, 4) is 17.2 Å². The fourth-order valence-corrected chi connectivity index (χ4v) is 5.85. The van der Waals surface area contributed by atoms with Crippen LogP contribution in [0.25, 0.3) is 0 Å². The molecule has 1 aliphatic heterocycles. The summed E-state index contributed by atoms with van der Waals surface area (Å²) in [5, 5.41) is 3.17. The minimum Gasteiger partial charge on any atom is -0.493 e. The van der Waals surface area contributed by atoms with E-state index in [9.17, 15) is 14.4 Å². The number of methoxy groups -OCH3 is 3. The molecule has 1 heterocycles. The molecule has 1 saturated carbocycles. The van der Waals surface area contributed by atoms with E-state index in [-0.39, 0.29) is 37.0 Å². The van der Waals surface area contributed by atoms with Gasteiger partial charge in [-0.15, -0.1) is 0 Å². The van der Waals surface area contributed by atoms with Gasteiger partial charge in [0.05, 0.1) is 34.0 Å². The van der Waals surface area contributed by atoms with Crippen LogP contribution in [0, 0.1) is 5.92 Å². The van der Waals surface area contributed by atoms with E-state index in [2.05, 4.69) is 5.32 Å². The van der Waals surface area contributed by atoms with E-state index in [1.54, 1.807) is 30.9 Å². The third-order valence-electron chi connectivity index (χ3n) is 7.69. The van der Waals surface area contributed by atoms with Gasteiger partial charge in [-0.3, -0.25) is 14.9 Å². The largest absolute Gasteiger partial charge is 0.493 e. The fourth-order valence-electron chi connectivity index (χ4n) is 5.85. The van der Waals surface area contributed by atoms with Crippen LogP contribution in [0.5, 0.6) is 17.2 Å². The second kappa shape index (κ2) is 14.4. The highest BCUT2D eigenvalue weighted by Gasteiger charge is 2.49. The van der Waals surface area contributed by atoms with Gasteiger partial charge in [0.15, 0.2) is 11.5 Å². The quantitative estimate of drug-likeness (QED) is 0.369. The van der Waals surface area contributed by atoms with Crippen molar-refractivity contribution in [1.29, 1.82) is 0 Å². The van der Waals surface area contributed by atoms with Crippen LogP contribution in [-0.2, 0) is 30.5 Å². The molecule has 10 heteroatoms. The Morgan fingerprint density at radius 3 is 2.26 bits per heavy atom. The van der Waals surface area contributed by atoms with Crippen LogP contribution in [0.1, 0.15) is 71.3 Å². The third-order valence-corrected chi connectivity index (χ3v) is 7.69. The van der Waals surface area contributed by atoms with Gasteiger partial charge in [-0.2, -0.15) is 0 Å². The first kappa shape index (κ1) is 30.5. The Balaban J connectivity index is 1.76. The highest BCUT2D eigenvalue weighted by molar-refractivity contribution is 5.89. The Kier molecular flexibility index (Phi) is 11.3. The SMILES string of the molecule is CCCC(NC(C)C(=O)N1C(C(=O)OCc2cc(OC)c(OC)c(OC)c2)CC2CCCCC21)C(=O)OCC. The molecule has 0 bridgehead atoms. The van der Waals surface area contributed by atoms with Crippen molar-refractivity contribution in [1.82, 2.24) is 10.2 Å². The van der Waals surface area contributed by atoms with Crippen LogP contribution in [0.4, 0.5) is 0 Å². The molecule has 10 nitrogen and oxygen atoms in total. The number of likely N-dealkylation sites (tertiary alicyclic amines) is 1. The van der Waals surface area contributed by atoms with Crippen molar-refractivity contribution in [3.05, 3.63) is 17.7 Å². The monoisotopic (exact) mass is 548 g/mol. The van der Waals surface area contributed by atoms with Crippen LogP contribution in [-0.4, -0.2) is 74.8 Å². The molecule has 2 aliphatic rings. The van der Waals surface area contributed by atoms with Crippen LogP contribution in [0.15, 0.2) is 12.1 Å². The lowest BCUT2D eigenvalue weighted by Gasteiger charge is -2.35. The number of amides is 1. The molecule has 1 aliphatic carbocycles. The number of benzene rings is 1. The lowest BCUT2D eigenvalue weighted by Crippen LogP contribution is -2.55. The summed E-state index contributed by atoms with van der Waals surface area (Å²) in [4.78, 5) is 41.4. The molecule has 5 atom stereocenters. The zero-order chi connectivity index (χ0) is 28.5. The lowest BCUT2D eigenvalue weighted by atomic mass is 9.84. The van der Waals surface area contributed by atoms with Crippen LogP contribution < -0.4 is 19.5 Å². The van der Waals surface area contributed by atoms with Gasteiger partial charge < -0.3 is 28.6 Å². The number of hydrogen-bond acceptors (Lipinski definition) is 9. The number of carbonyl (C=O) groups excluding carboxylic acids is 3. The molecular weight excluding hydrogens is 504 g/mol. The molecule has 0 aromatic heterocycles. The zero-order valence-corrected chi connectivity index (χ0v) is 24.1. The Hall–Kier alpha value is -3.01. The summed E-state index contributed by atoms with van der Waals surface area (Å²) in [6.45, 7) is 5.76. The summed E-state index contributed by atoms with van der Waals surface area (Å²) in [7, 11) is 4.58. The Bertz CT molecular complexity index is 974. The maximum Gasteiger partial charge on any atom is 0.329 e. The molecule has 1 amide bonds. The van der Waals surface area contributed by atoms with Crippen molar-refractivity contribution >= 4 is 17.8 Å². The second-order valence-electron chi connectivity index (χ2n) is 10.2. The first-order valence-corrected chi connectivity index (χ1v) is 14.0. The normalized spacial score (nSPS) is 21.9. The maximum atomic E-state index is 13.8. The van der Waals surface area contributed by atoms with Crippen molar-refractivity contribution < 1.29 is 38.1 Å². The van der Waals surface area contributed by atoms with Gasteiger partial charge in [-0.05, 0) is 63.1 Å². The molecule has 1 aromatic carbocycles. The van der Waals surface area contributed by atoms with Gasteiger partial charge in [-0.25, -0.2) is 4.79 Å². The smallest absolute Gasteiger partial charge is 0.329 e. The van der Waals surface area contributed by atoms with Crippen molar-refractivity contribution in [2.24, 2.45) is 5.92 Å². The first-order valence-electron chi connectivity index (χ1n) is 14.0. The van der Waals surface area contributed by atoms with Gasteiger partial charge in [0.1, 0.15) is 18.7 Å². The standard InChI is InChI=1S/C29H44N2O8/c1-7-11-21(28(33)38-8-2)30-18(3)27(32)31-22-13-10-9-12-20(22)16-23(31)29(34)39-17-19-14-24(35-4)26(37-6)25(15-19)36-5/h14-15,18,20-23,30H,7-13,16-17H2,1-6H3. The lowest BCUT2D eigenvalue weighted by molar-refractivity contribution is -0.157. The zero-order valence-electron chi connectivity index (χ0n) is 24.1. The van der Waals surface area contributed by atoms with Crippen LogP contribution in [0.2, 0.25) is 0 Å². The van der Waals surface area contributed by atoms with E-state index in [1.807, 2.05) is 6.92 Å². The Labute approximate surface area is 231 Å². The summed E-state index contributed by atoms with van der Waals surface area (Å²) in [5.41, 5.74) is 0.679. The Morgan fingerprint density at radius 1 is 1.00 bits per heavy atom. The number of rotatable bonds is 13. The molecule has 0 radical (unpaired) electrons. The van der Waals surface area contributed by atoms with E-state index in [4.69, 9.17) is 23.7 Å². The molecular formula is C29H44N2O8. The predicted molar refractivity (Wildman–Crippen MR) is 145 cm³/mol. The molecule has 5 unspecified atom stereocenters. The molecule has 1 aromatic rings. The van der Waals surface area contributed by atoms with Crippen molar-refractivity contribution in [3.63, 3.8) is 0 Å². The third kappa shape index (κ3) is 7.15. The average molecular weight is 549 g/mol. The van der Waals surface area contributed by atoms with E-state index < -0.39 is 24.1 Å². The predicted octanol–water partition coefficient (Wildman–Crippen LogP) is 3.63. The summed E-state index contributed by atoms with van der Waals surface area (Å²) in [5.74, 6) is 0.656. The molecule has 1 saturated heterocycles. The van der Waals surface area contributed by atoms with Crippen LogP contribution >= 0.6 is 0 Å². The van der Waals surface area contributed by atoms with Gasteiger partial charge in [0, 0.05) is 6.04 Å². The number of nitrogens with zero attached hydrogens (tertiary/aromatic N) is 1. The number of nitrogens with one attached hydrogen (secondary N) is 1. The minimum absolute atomic E-state index is 0.00134. The van der Waals surface area contributed by atoms with Crippen molar-refractivity contribution in [2.75, 3.05) is 27.9 Å². The molecule has 2 fully saturated rings. The molecule has 0 spiro atoms. The van der Waals surface area contributed by atoms with Crippen LogP contribution in [0.3, 0.4) is 0 Å².